The monoisotopic (exact) mass is 269 g/mol. The highest BCUT2D eigenvalue weighted by atomic mass is 35.5. The molecule has 2 heterocycles. The summed E-state index contributed by atoms with van der Waals surface area (Å²) in [5.74, 6) is 1.51. The van der Waals surface area contributed by atoms with Gasteiger partial charge in [-0.25, -0.2) is 4.98 Å². The number of halogens is 1. The highest BCUT2D eigenvalue weighted by Crippen LogP contribution is 2.20. The summed E-state index contributed by atoms with van der Waals surface area (Å²) in [7, 11) is 0. The summed E-state index contributed by atoms with van der Waals surface area (Å²) in [6.45, 7) is 4.96. The van der Waals surface area contributed by atoms with Crippen molar-refractivity contribution >= 4 is 17.4 Å². The van der Waals surface area contributed by atoms with Crippen molar-refractivity contribution in [1.29, 1.82) is 0 Å². The normalized spacial score (nSPS) is 17.8. The molecule has 0 spiro atoms. The number of hydrogen-bond acceptors (Lipinski definition) is 4. The van der Waals surface area contributed by atoms with Crippen LogP contribution in [0.25, 0.3) is 0 Å². The Morgan fingerprint density at radius 3 is 2.94 bits per heavy atom. The SMILES string of the molecule is OCCN1CCCN(c2ncccc2CCl)CC1. The van der Waals surface area contributed by atoms with Gasteiger partial charge in [-0.05, 0) is 19.0 Å². The van der Waals surface area contributed by atoms with Gasteiger partial charge in [-0.15, -0.1) is 11.6 Å². The van der Waals surface area contributed by atoms with Crippen LogP contribution < -0.4 is 4.90 Å². The van der Waals surface area contributed by atoms with Gasteiger partial charge in [0.05, 0.1) is 12.5 Å². The zero-order chi connectivity index (χ0) is 12.8. The molecule has 0 radical (unpaired) electrons. The van der Waals surface area contributed by atoms with Crippen LogP contribution in [-0.2, 0) is 5.88 Å². The Kier molecular flexibility index (Phi) is 5.23. The van der Waals surface area contributed by atoms with Gasteiger partial charge in [0.25, 0.3) is 0 Å². The van der Waals surface area contributed by atoms with Crippen LogP contribution in [0.15, 0.2) is 18.3 Å². The molecule has 0 bridgehead atoms. The van der Waals surface area contributed by atoms with E-state index in [1.165, 1.54) is 0 Å². The molecule has 1 aromatic heterocycles. The zero-order valence-corrected chi connectivity index (χ0v) is 11.3. The molecule has 1 aliphatic rings. The first-order valence-corrected chi connectivity index (χ1v) is 6.96. The molecular formula is C13H20ClN3O. The lowest BCUT2D eigenvalue weighted by Gasteiger charge is -2.24. The van der Waals surface area contributed by atoms with E-state index in [4.69, 9.17) is 16.7 Å². The van der Waals surface area contributed by atoms with Crippen molar-refractivity contribution in [2.45, 2.75) is 12.3 Å². The summed E-state index contributed by atoms with van der Waals surface area (Å²) >= 11 is 5.96. The van der Waals surface area contributed by atoms with Crippen LogP contribution in [0, 0.1) is 0 Å². The minimum Gasteiger partial charge on any atom is -0.395 e. The molecule has 1 aliphatic heterocycles. The molecule has 1 aromatic rings. The van der Waals surface area contributed by atoms with Crippen molar-refractivity contribution in [1.82, 2.24) is 9.88 Å². The molecular weight excluding hydrogens is 250 g/mol. The lowest BCUT2D eigenvalue weighted by atomic mass is 10.2. The van der Waals surface area contributed by atoms with Gasteiger partial charge in [0.1, 0.15) is 5.82 Å². The molecule has 18 heavy (non-hydrogen) atoms. The average Bonchev–Trinajstić information content (AvgIpc) is 2.65. The Hall–Kier alpha value is -0.840. The summed E-state index contributed by atoms with van der Waals surface area (Å²) < 4.78 is 0. The van der Waals surface area contributed by atoms with E-state index in [2.05, 4.69) is 14.8 Å². The maximum absolute atomic E-state index is 8.99. The summed E-state index contributed by atoms with van der Waals surface area (Å²) in [4.78, 5) is 9.06. The minimum absolute atomic E-state index is 0.233. The van der Waals surface area contributed by atoms with Crippen molar-refractivity contribution in [3.63, 3.8) is 0 Å². The van der Waals surface area contributed by atoms with E-state index in [0.717, 1.165) is 50.5 Å². The van der Waals surface area contributed by atoms with Gasteiger partial charge in [-0.3, -0.25) is 4.90 Å². The van der Waals surface area contributed by atoms with Crippen molar-refractivity contribution < 1.29 is 5.11 Å². The third-order valence-electron chi connectivity index (χ3n) is 3.32. The first-order valence-electron chi connectivity index (χ1n) is 6.43. The Morgan fingerprint density at radius 2 is 2.17 bits per heavy atom. The molecule has 0 aromatic carbocycles. The molecule has 2 rings (SSSR count). The van der Waals surface area contributed by atoms with E-state index in [9.17, 15) is 0 Å². The van der Waals surface area contributed by atoms with Gasteiger partial charge in [0, 0.05) is 37.9 Å². The lowest BCUT2D eigenvalue weighted by molar-refractivity contribution is 0.204. The standard InChI is InChI=1S/C13H20ClN3O/c14-11-12-3-1-4-15-13(12)17-6-2-5-16(7-8-17)9-10-18/h1,3-4,18H,2,5-11H2. The summed E-state index contributed by atoms with van der Waals surface area (Å²) in [5.41, 5.74) is 1.09. The second kappa shape index (κ2) is 6.92. The lowest BCUT2D eigenvalue weighted by Crippen LogP contribution is -2.33. The Balaban J connectivity index is 2.05. The number of pyridine rings is 1. The maximum atomic E-state index is 8.99. The van der Waals surface area contributed by atoms with Gasteiger partial charge in [-0.2, -0.15) is 0 Å². The summed E-state index contributed by atoms with van der Waals surface area (Å²) in [6.07, 6.45) is 2.92. The molecule has 1 fully saturated rings. The Labute approximate surface area is 113 Å². The molecule has 0 unspecified atom stereocenters. The van der Waals surface area contributed by atoms with Crippen LogP contribution in [0.2, 0.25) is 0 Å². The van der Waals surface area contributed by atoms with Crippen LogP contribution in [-0.4, -0.2) is 54.3 Å². The van der Waals surface area contributed by atoms with E-state index >= 15 is 0 Å². The number of β-amino-alcohol motifs (C(OH)–C–C–N with tert-alkyl or cyclic N) is 1. The number of anilines is 1. The molecule has 0 saturated carbocycles. The number of nitrogens with zero attached hydrogens (tertiary/aromatic N) is 3. The third kappa shape index (κ3) is 3.34. The fraction of sp³-hybridized carbons (Fsp3) is 0.615. The first-order chi connectivity index (χ1) is 8.85. The van der Waals surface area contributed by atoms with E-state index < -0.39 is 0 Å². The Bertz CT molecular complexity index is 375. The molecule has 0 amide bonds. The molecule has 0 atom stereocenters. The predicted molar refractivity (Wildman–Crippen MR) is 74.1 cm³/mol. The molecule has 1 N–H and O–H groups in total. The fourth-order valence-corrected chi connectivity index (χ4v) is 2.58. The first kappa shape index (κ1) is 13.6. The molecule has 4 nitrogen and oxygen atoms in total. The van der Waals surface area contributed by atoms with Crippen LogP contribution >= 0.6 is 11.6 Å². The van der Waals surface area contributed by atoms with E-state index in [0.29, 0.717) is 5.88 Å². The van der Waals surface area contributed by atoms with E-state index in [-0.39, 0.29) is 6.61 Å². The summed E-state index contributed by atoms with van der Waals surface area (Å²) in [6, 6.07) is 3.96. The smallest absolute Gasteiger partial charge is 0.132 e. The zero-order valence-electron chi connectivity index (χ0n) is 10.6. The number of aromatic nitrogens is 1. The van der Waals surface area contributed by atoms with Gasteiger partial charge >= 0.3 is 0 Å². The van der Waals surface area contributed by atoms with Gasteiger partial charge < -0.3 is 10.0 Å². The quantitative estimate of drug-likeness (QED) is 0.837. The van der Waals surface area contributed by atoms with Crippen LogP contribution in [0.1, 0.15) is 12.0 Å². The number of rotatable bonds is 4. The van der Waals surface area contributed by atoms with Crippen molar-refractivity contribution in [3.8, 4) is 0 Å². The number of hydrogen-bond donors (Lipinski definition) is 1. The minimum atomic E-state index is 0.233. The highest BCUT2D eigenvalue weighted by molar-refractivity contribution is 6.17. The third-order valence-corrected chi connectivity index (χ3v) is 3.60. The van der Waals surface area contributed by atoms with Gasteiger partial charge in [-0.1, -0.05) is 6.07 Å². The average molecular weight is 270 g/mol. The van der Waals surface area contributed by atoms with Crippen molar-refractivity contribution in [3.05, 3.63) is 23.9 Å². The second-order valence-electron chi connectivity index (χ2n) is 4.53. The van der Waals surface area contributed by atoms with Gasteiger partial charge in [0.15, 0.2) is 0 Å². The molecule has 5 heteroatoms. The molecule has 1 saturated heterocycles. The topological polar surface area (TPSA) is 39.6 Å². The van der Waals surface area contributed by atoms with Crippen molar-refractivity contribution in [2.75, 3.05) is 44.2 Å². The number of aliphatic hydroxyl groups is 1. The molecule has 100 valence electrons. The van der Waals surface area contributed by atoms with E-state index in [1.54, 1.807) is 0 Å². The van der Waals surface area contributed by atoms with Crippen LogP contribution in [0.3, 0.4) is 0 Å². The largest absolute Gasteiger partial charge is 0.395 e. The number of alkyl halides is 1. The highest BCUT2D eigenvalue weighted by Gasteiger charge is 2.17. The maximum Gasteiger partial charge on any atom is 0.132 e. The fourth-order valence-electron chi connectivity index (χ4n) is 2.37. The van der Waals surface area contributed by atoms with Crippen LogP contribution in [0.5, 0.6) is 0 Å². The predicted octanol–water partition coefficient (Wildman–Crippen LogP) is 1.32. The molecule has 0 aliphatic carbocycles. The summed E-state index contributed by atoms with van der Waals surface area (Å²) in [5, 5.41) is 8.99. The van der Waals surface area contributed by atoms with Gasteiger partial charge in [0.2, 0.25) is 0 Å². The Morgan fingerprint density at radius 1 is 1.28 bits per heavy atom. The second-order valence-corrected chi connectivity index (χ2v) is 4.79. The van der Waals surface area contributed by atoms with Crippen LogP contribution in [0.4, 0.5) is 5.82 Å². The van der Waals surface area contributed by atoms with E-state index in [1.807, 2.05) is 18.3 Å². The van der Waals surface area contributed by atoms with Crippen molar-refractivity contribution in [2.24, 2.45) is 0 Å². The number of aliphatic hydroxyl groups excluding tert-OH is 1.